The number of anilines is 1. The van der Waals surface area contributed by atoms with E-state index in [0.29, 0.717) is 17.2 Å². The summed E-state index contributed by atoms with van der Waals surface area (Å²) in [6.07, 6.45) is 0. The fourth-order valence-corrected chi connectivity index (χ4v) is 3.05. The molecule has 1 amide bonds. The van der Waals surface area contributed by atoms with Crippen LogP contribution in [0.5, 0.6) is 11.5 Å². The summed E-state index contributed by atoms with van der Waals surface area (Å²) in [6, 6.07) is 23.7. The highest BCUT2D eigenvalue weighted by molar-refractivity contribution is 5.94. The van der Waals surface area contributed by atoms with Crippen LogP contribution in [0.1, 0.15) is 17.0 Å². The van der Waals surface area contributed by atoms with E-state index in [0.717, 1.165) is 11.1 Å². The molecule has 0 atom stereocenters. The summed E-state index contributed by atoms with van der Waals surface area (Å²) < 4.78 is 15.7. The lowest BCUT2D eigenvalue weighted by Crippen LogP contribution is -2.24. The number of hydrogen-bond donors (Lipinski definition) is 1. The lowest BCUT2D eigenvalue weighted by molar-refractivity contribution is -0.147. The Hall–Kier alpha value is -3.80. The van der Waals surface area contributed by atoms with Crippen LogP contribution in [0.4, 0.5) is 5.69 Å². The van der Waals surface area contributed by atoms with Crippen molar-refractivity contribution in [1.82, 2.24) is 0 Å². The summed E-state index contributed by atoms with van der Waals surface area (Å²) in [5.41, 5.74) is 2.08. The summed E-state index contributed by atoms with van der Waals surface area (Å²) in [4.78, 5) is 25.2. The minimum absolute atomic E-state index is 0.408. The van der Waals surface area contributed by atoms with Gasteiger partial charge in [0.05, 0.1) is 14.2 Å². The Morgan fingerprint density at radius 3 is 1.77 bits per heavy atom. The Morgan fingerprint density at radius 1 is 0.800 bits per heavy atom. The van der Waals surface area contributed by atoms with E-state index in [-0.39, 0.29) is 0 Å². The van der Waals surface area contributed by atoms with Gasteiger partial charge in [-0.05, 0) is 11.1 Å². The SMILES string of the molecule is COc1cc(NC(=O)COC(=O)C(c2ccccc2)c2ccccc2)cc(OC)c1. The van der Waals surface area contributed by atoms with Crippen molar-refractivity contribution in [3.05, 3.63) is 90.0 Å². The molecule has 6 heteroatoms. The molecule has 0 fully saturated rings. The van der Waals surface area contributed by atoms with E-state index in [1.54, 1.807) is 18.2 Å². The first kappa shape index (κ1) is 20.9. The fraction of sp³-hybridized carbons (Fsp3) is 0.167. The Morgan fingerprint density at radius 2 is 1.30 bits per heavy atom. The molecule has 0 aliphatic carbocycles. The maximum absolute atomic E-state index is 12.9. The lowest BCUT2D eigenvalue weighted by Gasteiger charge is -2.17. The van der Waals surface area contributed by atoms with Gasteiger partial charge in [-0.15, -0.1) is 0 Å². The quantitative estimate of drug-likeness (QED) is 0.573. The average Bonchev–Trinajstić information content (AvgIpc) is 2.79. The van der Waals surface area contributed by atoms with Crippen molar-refractivity contribution in [3.63, 3.8) is 0 Å². The fourth-order valence-electron chi connectivity index (χ4n) is 3.05. The maximum atomic E-state index is 12.9. The number of amides is 1. The number of ether oxygens (including phenoxy) is 3. The molecule has 0 radical (unpaired) electrons. The summed E-state index contributed by atoms with van der Waals surface area (Å²) >= 11 is 0. The third kappa shape index (κ3) is 5.38. The molecule has 1 N–H and O–H groups in total. The molecule has 3 aromatic carbocycles. The van der Waals surface area contributed by atoms with E-state index in [9.17, 15) is 9.59 Å². The van der Waals surface area contributed by atoms with Gasteiger partial charge in [0, 0.05) is 23.9 Å². The number of carbonyl (C=O) groups is 2. The third-order valence-electron chi connectivity index (χ3n) is 4.48. The van der Waals surface area contributed by atoms with E-state index in [2.05, 4.69) is 5.32 Å². The van der Waals surface area contributed by atoms with Crippen molar-refractivity contribution in [2.75, 3.05) is 26.1 Å². The van der Waals surface area contributed by atoms with Gasteiger partial charge in [0.25, 0.3) is 5.91 Å². The zero-order valence-corrected chi connectivity index (χ0v) is 16.8. The first-order valence-electron chi connectivity index (χ1n) is 9.40. The van der Waals surface area contributed by atoms with Crippen molar-refractivity contribution in [2.45, 2.75) is 5.92 Å². The molecule has 6 nitrogen and oxygen atoms in total. The van der Waals surface area contributed by atoms with Crippen molar-refractivity contribution in [2.24, 2.45) is 0 Å². The van der Waals surface area contributed by atoms with Crippen LogP contribution in [-0.2, 0) is 14.3 Å². The van der Waals surface area contributed by atoms with Crippen LogP contribution in [0.25, 0.3) is 0 Å². The molecule has 0 bridgehead atoms. The number of carbonyl (C=O) groups excluding carboxylic acids is 2. The average molecular weight is 405 g/mol. The van der Waals surface area contributed by atoms with Crippen molar-refractivity contribution < 1.29 is 23.8 Å². The van der Waals surface area contributed by atoms with Crippen LogP contribution in [0, 0.1) is 0 Å². The van der Waals surface area contributed by atoms with Crippen LogP contribution < -0.4 is 14.8 Å². The van der Waals surface area contributed by atoms with Crippen molar-refractivity contribution in [3.8, 4) is 11.5 Å². The molecule has 0 heterocycles. The highest BCUT2D eigenvalue weighted by atomic mass is 16.5. The van der Waals surface area contributed by atoms with Gasteiger partial charge in [-0.1, -0.05) is 60.7 Å². The minimum Gasteiger partial charge on any atom is -0.497 e. The number of nitrogens with one attached hydrogen (secondary N) is 1. The van der Waals surface area contributed by atoms with Gasteiger partial charge in [-0.2, -0.15) is 0 Å². The van der Waals surface area contributed by atoms with E-state index >= 15 is 0 Å². The predicted octanol–water partition coefficient (Wildman–Crippen LogP) is 4.02. The van der Waals surface area contributed by atoms with Crippen LogP contribution in [0.2, 0.25) is 0 Å². The van der Waals surface area contributed by atoms with E-state index in [4.69, 9.17) is 14.2 Å². The molecule has 3 rings (SSSR count). The molecular weight excluding hydrogens is 382 g/mol. The van der Waals surface area contributed by atoms with Crippen LogP contribution in [0.15, 0.2) is 78.9 Å². The number of methoxy groups -OCH3 is 2. The molecule has 0 aliphatic heterocycles. The number of esters is 1. The second-order valence-electron chi connectivity index (χ2n) is 6.51. The van der Waals surface area contributed by atoms with Crippen LogP contribution in [0.3, 0.4) is 0 Å². The molecule has 0 saturated heterocycles. The number of benzene rings is 3. The van der Waals surface area contributed by atoms with Gasteiger partial charge >= 0.3 is 5.97 Å². The van der Waals surface area contributed by atoms with Crippen LogP contribution >= 0.6 is 0 Å². The normalized spacial score (nSPS) is 10.4. The topological polar surface area (TPSA) is 73.9 Å². The van der Waals surface area contributed by atoms with E-state index in [1.165, 1.54) is 14.2 Å². The number of rotatable bonds is 8. The molecule has 0 saturated carbocycles. The van der Waals surface area contributed by atoms with Gasteiger partial charge in [-0.25, -0.2) is 0 Å². The molecule has 3 aromatic rings. The van der Waals surface area contributed by atoms with Gasteiger partial charge in [-0.3, -0.25) is 9.59 Å². The second kappa shape index (κ2) is 10.1. The number of hydrogen-bond acceptors (Lipinski definition) is 5. The highest BCUT2D eigenvalue weighted by Crippen LogP contribution is 2.27. The van der Waals surface area contributed by atoms with Gasteiger partial charge < -0.3 is 19.5 Å². The maximum Gasteiger partial charge on any atom is 0.318 e. The molecule has 0 aromatic heterocycles. The zero-order chi connectivity index (χ0) is 21.3. The summed E-state index contributed by atoms with van der Waals surface area (Å²) in [7, 11) is 3.05. The largest absolute Gasteiger partial charge is 0.497 e. The van der Waals surface area contributed by atoms with Crippen molar-refractivity contribution >= 4 is 17.6 Å². The summed E-state index contributed by atoms with van der Waals surface area (Å²) in [6.45, 7) is -0.408. The Bertz CT molecular complexity index is 927. The minimum atomic E-state index is -0.614. The Kier molecular flexibility index (Phi) is 7.05. The van der Waals surface area contributed by atoms with Gasteiger partial charge in [0.2, 0.25) is 0 Å². The van der Waals surface area contributed by atoms with Gasteiger partial charge in [0.15, 0.2) is 6.61 Å². The molecule has 154 valence electrons. The zero-order valence-electron chi connectivity index (χ0n) is 16.8. The highest BCUT2D eigenvalue weighted by Gasteiger charge is 2.24. The second-order valence-corrected chi connectivity index (χ2v) is 6.51. The third-order valence-corrected chi connectivity index (χ3v) is 4.48. The Labute approximate surface area is 175 Å². The molecule has 30 heavy (non-hydrogen) atoms. The first-order valence-corrected chi connectivity index (χ1v) is 9.40. The van der Waals surface area contributed by atoms with Gasteiger partial charge in [0.1, 0.15) is 17.4 Å². The monoisotopic (exact) mass is 405 g/mol. The first-order chi connectivity index (χ1) is 14.6. The molecule has 0 aliphatic rings. The standard InChI is InChI=1S/C24H23NO5/c1-28-20-13-19(14-21(15-20)29-2)25-22(26)16-30-24(27)23(17-9-5-3-6-10-17)18-11-7-4-8-12-18/h3-15,23H,16H2,1-2H3,(H,25,26). The predicted molar refractivity (Wildman–Crippen MR) is 114 cm³/mol. The van der Waals surface area contributed by atoms with E-state index < -0.39 is 24.4 Å². The Balaban J connectivity index is 1.69. The van der Waals surface area contributed by atoms with E-state index in [1.807, 2.05) is 60.7 Å². The summed E-state index contributed by atoms with van der Waals surface area (Å²) in [5.74, 6) is -0.494. The molecule has 0 unspecified atom stereocenters. The smallest absolute Gasteiger partial charge is 0.318 e. The molecule has 0 spiro atoms. The van der Waals surface area contributed by atoms with Crippen molar-refractivity contribution in [1.29, 1.82) is 0 Å². The van der Waals surface area contributed by atoms with Crippen LogP contribution in [-0.4, -0.2) is 32.7 Å². The lowest BCUT2D eigenvalue weighted by atomic mass is 9.91. The molecular formula is C24H23NO5. The summed E-state index contributed by atoms with van der Waals surface area (Å²) in [5, 5.41) is 2.69.